The number of carboxylic acid groups (broad SMARTS) is 1. The highest BCUT2D eigenvalue weighted by Crippen LogP contribution is 2.03. The molecule has 78 valence electrons. The highest BCUT2D eigenvalue weighted by molar-refractivity contribution is 5.71. The summed E-state index contributed by atoms with van der Waals surface area (Å²) in [4.78, 5) is 10.3. The summed E-state index contributed by atoms with van der Waals surface area (Å²) in [5.74, 6) is -0.881. The molecule has 0 rings (SSSR count). The lowest BCUT2D eigenvalue weighted by molar-refractivity contribution is -0.149. The van der Waals surface area contributed by atoms with E-state index in [2.05, 4.69) is 6.92 Å². The van der Waals surface area contributed by atoms with Crippen molar-refractivity contribution in [3.8, 4) is 0 Å². The van der Waals surface area contributed by atoms with Gasteiger partial charge in [-0.2, -0.15) is 0 Å². The first kappa shape index (κ1) is 12.4. The first-order valence-corrected chi connectivity index (χ1v) is 5.03. The zero-order chi connectivity index (χ0) is 10.1. The van der Waals surface area contributed by atoms with Crippen LogP contribution >= 0.6 is 0 Å². The predicted molar refractivity (Wildman–Crippen MR) is 51.8 cm³/mol. The van der Waals surface area contributed by atoms with Crippen molar-refractivity contribution < 1.29 is 14.6 Å². The summed E-state index contributed by atoms with van der Waals surface area (Å²) in [7, 11) is 0. The molecule has 0 aliphatic carbocycles. The molecule has 0 bridgehead atoms. The third-order valence-corrected chi connectivity index (χ3v) is 1.96. The fraction of sp³-hybridized carbons (Fsp3) is 0.900. The van der Waals surface area contributed by atoms with Crippen LogP contribution in [0.1, 0.15) is 46.0 Å². The van der Waals surface area contributed by atoms with Crippen molar-refractivity contribution >= 4 is 5.97 Å². The second kappa shape index (κ2) is 8.05. The molecule has 0 amide bonds. The van der Waals surface area contributed by atoms with Crippen LogP contribution in [0.25, 0.3) is 0 Å². The van der Waals surface area contributed by atoms with Crippen LogP contribution < -0.4 is 0 Å². The Kier molecular flexibility index (Phi) is 7.69. The first-order valence-electron chi connectivity index (χ1n) is 5.03. The Morgan fingerprint density at radius 1 is 1.31 bits per heavy atom. The Morgan fingerprint density at radius 2 is 1.92 bits per heavy atom. The topological polar surface area (TPSA) is 46.5 Å². The number of ether oxygens (including phenoxy) is 1. The van der Waals surface area contributed by atoms with E-state index in [-0.39, 0.29) is 0 Å². The molecular formula is C10H20O3. The smallest absolute Gasteiger partial charge is 0.332 e. The highest BCUT2D eigenvalue weighted by atomic mass is 16.5. The average Bonchev–Trinajstić information content (AvgIpc) is 2.10. The summed E-state index contributed by atoms with van der Waals surface area (Å²) in [5, 5.41) is 8.50. The van der Waals surface area contributed by atoms with Gasteiger partial charge in [-0.1, -0.05) is 32.6 Å². The van der Waals surface area contributed by atoms with Gasteiger partial charge in [-0.25, -0.2) is 4.79 Å². The molecule has 13 heavy (non-hydrogen) atoms. The molecule has 0 saturated carbocycles. The zero-order valence-corrected chi connectivity index (χ0v) is 8.58. The van der Waals surface area contributed by atoms with E-state index in [0.29, 0.717) is 6.61 Å². The zero-order valence-electron chi connectivity index (χ0n) is 8.58. The minimum atomic E-state index is -0.881. The molecule has 0 aliphatic heterocycles. The maximum Gasteiger partial charge on any atom is 0.332 e. The van der Waals surface area contributed by atoms with Crippen molar-refractivity contribution in [3.05, 3.63) is 0 Å². The Hall–Kier alpha value is -0.570. The average molecular weight is 188 g/mol. The molecule has 0 aromatic heterocycles. The quantitative estimate of drug-likeness (QED) is 0.595. The summed E-state index contributed by atoms with van der Waals surface area (Å²) in [5.41, 5.74) is 0. The summed E-state index contributed by atoms with van der Waals surface area (Å²) in [6.45, 7) is 4.30. The van der Waals surface area contributed by atoms with Crippen LogP contribution in [-0.2, 0) is 9.53 Å². The summed E-state index contributed by atoms with van der Waals surface area (Å²) in [6, 6.07) is 0. The third-order valence-electron chi connectivity index (χ3n) is 1.96. The molecule has 0 fully saturated rings. The standard InChI is InChI=1S/C10H20O3/c1-3-4-5-6-7-8-13-9(2)10(11)12/h9H,3-8H2,1-2H3,(H,11,12)/t9-/m0/s1. The molecular weight excluding hydrogens is 168 g/mol. The van der Waals surface area contributed by atoms with Gasteiger partial charge in [0.05, 0.1) is 0 Å². The molecule has 0 aromatic carbocycles. The van der Waals surface area contributed by atoms with E-state index in [0.717, 1.165) is 12.8 Å². The van der Waals surface area contributed by atoms with Gasteiger partial charge in [0.15, 0.2) is 6.10 Å². The lowest BCUT2D eigenvalue weighted by Gasteiger charge is -2.07. The number of hydrogen-bond donors (Lipinski definition) is 1. The maximum absolute atomic E-state index is 10.3. The lowest BCUT2D eigenvalue weighted by atomic mass is 10.2. The van der Waals surface area contributed by atoms with Crippen LogP contribution in [0.2, 0.25) is 0 Å². The van der Waals surface area contributed by atoms with Crippen LogP contribution in [0.5, 0.6) is 0 Å². The van der Waals surface area contributed by atoms with Gasteiger partial charge in [0, 0.05) is 6.61 Å². The van der Waals surface area contributed by atoms with Crippen molar-refractivity contribution in [3.63, 3.8) is 0 Å². The van der Waals surface area contributed by atoms with Crippen LogP contribution in [0.15, 0.2) is 0 Å². The Labute approximate surface area is 80.1 Å². The molecule has 0 spiro atoms. The minimum absolute atomic E-state index is 0.567. The van der Waals surface area contributed by atoms with Gasteiger partial charge in [0.2, 0.25) is 0 Å². The van der Waals surface area contributed by atoms with Gasteiger partial charge >= 0.3 is 5.97 Å². The third kappa shape index (κ3) is 7.78. The number of carboxylic acids is 1. The Balaban J connectivity index is 3.11. The van der Waals surface area contributed by atoms with Gasteiger partial charge in [-0.15, -0.1) is 0 Å². The number of hydrogen-bond acceptors (Lipinski definition) is 2. The molecule has 0 saturated heterocycles. The Morgan fingerprint density at radius 3 is 2.46 bits per heavy atom. The molecule has 0 aliphatic rings. The first-order chi connectivity index (χ1) is 6.18. The fourth-order valence-corrected chi connectivity index (χ4v) is 1.04. The highest BCUT2D eigenvalue weighted by Gasteiger charge is 2.09. The van der Waals surface area contributed by atoms with Crippen LogP contribution in [0.3, 0.4) is 0 Å². The summed E-state index contributed by atoms with van der Waals surface area (Å²) >= 11 is 0. The van der Waals surface area contributed by atoms with E-state index in [9.17, 15) is 4.79 Å². The van der Waals surface area contributed by atoms with Gasteiger partial charge in [-0.3, -0.25) is 0 Å². The van der Waals surface area contributed by atoms with Crippen LogP contribution in [0, 0.1) is 0 Å². The van der Waals surface area contributed by atoms with Crippen molar-refractivity contribution in [1.29, 1.82) is 0 Å². The van der Waals surface area contributed by atoms with Crippen molar-refractivity contribution in [2.75, 3.05) is 6.61 Å². The number of rotatable bonds is 8. The molecule has 1 N–H and O–H groups in total. The predicted octanol–water partition coefficient (Wildman–Crippen LogP) is 2.45. The monoisotopic (exact) mass is 188 g/mol. The van der Waals surface area contributed by atoms with Crippen LogP contribution in [0.4, 0.5) is 0 Å². The van der Waals surface area contributed by atoms with Crippen LogP contribution in [-0.4, -0.2) is 23.8 Å². The number of unbranched alkanes of at least 4 members (excludes halogenated alkanes) is 4. The maximum atomic E-state index is 10.3. The lowest BCUT2D eigenvalue weighted by Crippen LogP contribution is -2.20. The normalized spacial score (nSPS) is 12.8. The van der Waals surface area contributed by atoms with Gasteiger partial charge in [0.25, 0.3) is 0 Å². The summed E-state index contributed by atoms with van der Waals surface area (Å²) in [6.07, 6.45) is 5.16. The minimum Gasteiger partial charge on any atom is -0.479 e. The van der Waals surface area contributed by atoms with E-state index in [1.165, 1.54) is 19.3 Å². The molecule has 0 radical (unpaired) electrons. The van der Waals surface area contributed by atoms with Crippen molar-refractivity contribution in [2.45, 2.75) is 52.1 Å². The summed E-state index contributed by atoms with van der Waals surface area (Å²) < 4.78 is 5.08. The molecule has 0 aromatic rings. The van der Waals surface area contributed by atoms with E-state index in [1.54, 1.807) is 6.92 Å². The molecule has 3 nitrogen and oxygen atoms in total. The largest absolute Gasteiger partial charge is 0.479 e. The van der Waals surface area contributed by atoms with Gasteiger partial charge in [-0.05, 0) is 13.3 Å². The van der Waals surface area contributed by atoms with Gasteiger partial charge < -0.3 is 9.84 Å². The molecule has 0 unspecified atom stereocenters. The van der Waals surface area contributed by atoms with Crippen molar-refractivity contribution in [1.82, 2.24) is 0 Å². The van der Waals surface area contributed by atoms with E-state index in [1.807, 2.05) is 0 Å². The van der Waals surface area contributed by atoms with Gasteiger partial charge in [0.1, 0.15) is 0 Å². The van der Waals surface area contributed by atoms with E-state index >= 15 is 0 Å². The van der Waals surface area contributed by atoms with E-state index < -0.39 is 12.1 Å². The Bertz CT molecular complexity index is 134. The molecule has 0 heterocycles. The SMILES string of the molecule is CCCCCCCO[C@@H](C)C(=O)O. The fourth-order valence-electron chi connectivity index (χ4n) is 1.04. The second-order valence-electron chi connectivity index (χ2n) is 3.27. The number of carbonyl (C=O) groups is 1. The molecule has 1 atom stereocenters. The van der Waals surface area contributed by atoms with E-state index in [4.69, 9.17) is 9.84 Å². The second-order valence-corrected chi connectivity index (χ2v) is 3.27. The number of aliphatic carboxylic acids is 1. The molecule has 3 heteroatoms. The van der Waals surface area contributed by atoms with Crippen molar-refractivity contribution in [2.24, 2.45) is 0 Å².